The van der Waals surface area contributed by atoms with Gasteiger partial charge in [0.15, 0.2) is 0 Å². The molecule has 0 bridgehead atoms. The molecule has 2 heterocycles. The van der Waals surface area contributed by atoms with Gasteiger partial charge in [0.05, 0.1) is 18.1 Å². The Bertz CT molecular complexity index is 1310. The topological polar surface area (TPSA) is 132 Å². The van der Waals surface area contributed by atoms with Crippen molar-refractivity contribution in [3.8, 4) is 22.8 Å². The second kappa shape index (κ2) is 11.2. The third-order valence-electron chi connectivity index (χ3n) is 5.49. The number of imidazole rings is 1. The summed E-state index contributed by atoms with van der Waals surface area (Å²) in [6.07, 6.45) is 2.12. The number of aromatic amines is 1. The highest BCUT2D eigenvalue weighted by atomic mass is 19.1. The number of aromatic nitrogens is 3. The van der Waals surface area contributed by atoms with Crippen molar-refractivity contribution in [2.24, 2.45) is 0 Å². The maximum Gasteiger partial charge on any atom is 0.251 e. The van der Waals surface area contributed by atoms with Gasteiger partial charge in [-0.2, -0.15) is 0 Å². The number of aliphatic hydroxyl groups is 2. The van der Waals surface area contributed by atoms with Crippen molar-refractivity contribution in [1.29, 1.82) is 0 Å². The monoisotopic (exact) mass is 505 g/mol. The van der Waals surface area contributed by atoms with Crippen LogP contribution in [0.4, 0.5) is 10.2 Å². The van der Waals surface area contributed by atoms with Crippen LogP contribution in [0.3, 0.4) is 0 Å². The predicted molar refractivity (Wildman–Crippen MR) is 136 cm³/mol. The number of hydrogen-bond acceptors (Lipinski definition) is 7. The van der Waals surface area contributed by atoms with Gasteiger partial charge < -0.3 is 30.6 Å². The zero-order valence-corrected chi connectivity index (χ0v) is 20.4. The van der Waals surface area contributed by atoms with Gasteiger partial charge in [0.2, 0.25) is 0 Å². The summed E-state index contributed by atoms with van der Waals surface area (Å²) in [7, 11) is 0. The van der Waals surface area contributed by atoms with E-state index in [0.29, 0.717) is 28.7 Å². The van der Waals surface area contributed by atoms with Gasteiger partial charge in [-0.3, -0.25) is 4.79 Å². The first-order valence-electron chi connectivity index (χ1n) is 11.6. The van der Waals surface area contributed by atoms with E-state index in [1.54, 1.807) is 42.6 Å². The highest BCUT2D eigenvalue weighted by molar-refractivity contribution is 5.84. The summed E-state index contributed by atoms with van der Waals surface area (Å²) < 4.78 is 18.8. The molecule has 0 radical (unpaired) electrons. The van der Waals surface area contributed by atoms with E-state index in [9.17, 15) is 19.4 Å². The third kappa shape index (κ3) is 7.12. The SMILES string of the molecule is CC(C)(O)C(=O)NC(Cc1cnc[nH]1)C(O)Nc1cccc(-c2ccc(Oc3ccc(F)cc3)cc2)n1. The summed E-state index contributed by atoms with van der Waals surface area (Å²) in [5.41, 5.74) is 0.549. The molecule has 192 valence electrons. The number of anilines is 1. The average molecular weight is 506 g/mol. The van der Waals surface area contributed by atoms with E-state index in [4.69, 9.17) is 4.74 Å². The molecule has 0 aliphatic carbocycles. The highest BCUT2D eigenvalue weighted by Crippen LogP contribution is 2.26. The predicted octanol–water partition coefficient (Wildman–Crippen LogP) is 3.63. The Hall–Kier alpha value is -4.28. The van der Waals surface area contributed by atoms with Crippen LogP contribution in [0, 0.1) is 5.82 Å². The summed E-state index contributed by atoms with van der Waals surface area (Å²) in [4.78, 5) is 23.9. The second-order valence-electron chi connectivity index (χ2n) is 9.00. The van der Waals surface area contributed by atoms with Crippen LogP contribution < -0.4 is 15.4 Å². The molecule has 0 fully saturated rings. The maximum atomic E-state index is 13.1. The fourth-order valence-corrected chi connectivity index (χ4v) is 3.48. The molecule has 0 aliphatic rings. The van der Waals surface area contributed by atoms with Crippen LogP contribution in [0.15, 0.2) is 79.3 Å². The summed E-state index contributed by atoms with van der Waals surface area (Å²) in [6.45, 7) is 2.74. The van der Waals surface area contributed by atoms with Gasteiger partial charge in [-0.1, -0.05) is 6.07 Å². The van der Waals surface area contributed by atoms with E-state index in [0.717, 1.165) is 5.56 Å². The molecule has 2 unspecified atom stereocenters. The fourth-order valence-electron chi connectivity index (χ4n) is 3.48. The van der Waals surface area contributed by atoms with Crippen molar-refractivity contribution in [3.63, 3.8) is 0 Å². The molecule has 1 amide bonds. The van der Waals surface area contributed by atoms with E-state index in [1.165, 1.54) is 32.3 Å². The van der Waals surface area contributed by atoms with Gasteiger partial charge in [-0.05, 0) is 74.5 Å². The van der Waals surface area contributed by atoms with Crippen LogP contribution in [-0.4, -0.2) is 48.9 Å². The molecule has 2 aromatic carbocycles. The molecule has 10 heteroatoms. The molecule has 2 atom stereocenters. The summed E-state index contributed by atoms with van der Waals surface area (Å²) in [5, 5.41) is 26.6. The number of nitrogens with one attached hydrogen (secondary N) is 3. The Morgan fingerprint density at radius 3 is 2.38 bits per heavy atom. The zero-order chi connectivity index (χ0) is 26.4. The number of halogens is 1. The number of ether oxygens (including phenoxy) is 1. The molecule has 0 aliphatic heterocycles. The maximum absolute atomic E-state index is 13.1. The molecule has 0 spiro atoms. The number of benzene rings is 2. The Kier molecular flexibility index (Phi) is 7.80. The fraction of sp³-hybridized carbons (Fsp3) is 0.222. The van der Waals surface area contributed by atoms with E-state index in [1.807, 2.05) is 18.2 Å². The molecule has 0 saturated carbocycles. The lowest BCUT2D eigenvalue weighted by molar-refractivity contribution is -0.137. The van der Waals surface area contributed by atoms with E-state index < -0.39 is 23.8 Å². The summed E-state index contributed by atoms with van der Waals surface area (Å²) in [5.74, 6) is 0.545. The molecule has 4 aromatic rings. The van der Waals surface area contributed by atoms with Crippen LogP contribution in [0.2, 0.25) is 0 Å². The zero-order valence-electron chi connectivity index (χ0n) is 20.4. The molecule has 9 nitrogen and oxygen atoms in total. The Morgan fingerprint density at radius 1 is 1.08 bits per heavy atom. The standard InChI is InChI=1S/C27H28FN5O4/c1-27(2,36)26(35)32-23(14-19-15-29-16-30-19)25(34)33-24-5-3-4-22(31-24)17-6-10-20(11-7-17)37-21-12-8-18(28)9-13-21/h3-13,15-16,23,25,34,36H,14H2,1-2H3,(H,29,30)(H,31,33)(H,32,35). The van der Waals surface area contributed by atoms with Crippen molar-refractivity contribution in [2.75, 3.05) is 5.32 Å². The molecule has 2 aromatic heterocycles. The smallest absolute Gasteiger partial charge is 0.251 e. The van der Waals surface area contributed by atoms with Crippen molar-refractivity contribution in [3.05, 3.63) is 90.8 Å². The van der Waals surface area contributed by atoms with Crippen LogP contribution in [0.5, 0.6) is 11.5 Å². The number of hydrogen-bond donors (Lipinski definition) is 5. The van der Waals surface area contributed by atoms with Crippen LogP contribution in [-0.2, 0) is 11.2 Å². The van der Waals surface area contributed by atoms with Crippen molar-refractivity contribution in [1.82, 2.24) is 20.3 Å². The number of nitrogens with zero attached hydrogens (tertiary/aromatic N) is 2. The molecule has 37 heavy (non-hydrogen) atoms. The molecule has 5 N–H and O–H groups in total. The number of amides is 1. The number of H-pyrrole nitrogens is 1. The van der Waals surface area contributed by atoms with Crippen molar-refractivity contribution >= 4 is 11.7 Å². The van der Waals surface area contributed by atoms with Crippen LogP contribution in [0.25, 0.3) is 11.3 Å². The highest BCUT2D eigenvalue weighted by Gasteiger charge is 2.30. The number of carbonyl (C=O) groups is 1. The normalized spacial score (nSPS) is 13.0. The number of rotatable bonds is 10. The lowest BCUT2D eigenvalue weighted by Crippen LogP contribution is -2.53. The van der Waals surface area contributed by atoms with E-state index in [-0.39, 0.29) is 12.2 Å². The van der Waals surface area contributed by atoms with Gasteiger partial charge in [-0.15, -0.1) is 0 Å². The molecule has 4 rings (SSSR count). The number of pyridine rings is 1. The Labute approximate surface area is 213 Å². The lowest BCUT2D eigenvalue weighted by atomic mass is 10.1. The van der Waals surface area contributed by atoms with Crippen LogP contribution >= 0.6 is 0 Å². The Morgan fingerprint density at radius 2 is 1.76 bits per heavy atom. The molecular formula is C27H28FN5O4. The van der Waals surface area contributed by atoms with Crippen molar-refractivity contribution < 1.29 is 24.1 Å². The van der Waals surface area contributed by atoms with Gasteiger partial charge in [0.25, 0.3) is 5.91 Å². The van der Waals surface area contributed by atoms with Gasteiger partial charge >= 0.3 is 0 Å². The minimum absolute atomic E-state index is 0.241. The lowest BCUT2D eigenvalue weighted by Gasteiger charge is -2.28. The number of carbonyl (C=O) groups excluding carboxylic acids is 1. The third-order valence-corrected chi connectivity index (χ3v) is 5.49. The minimum atomic E-state index is -1.61. The quantitative estimate of drug-likeness (QED) is 0.208. The van der Waals surface area contributed by atoms with E-state index in [2.05, 4.69) is 25.6 Å². The van der Waals surface area contributed by atoms with Crippen LogP contribution in [0.1, 0.15) is 19.5 Å². The first kappa shape index (κ1) is 25.8. The van der Waals surface area contributed by atoms with Crippen molar-refractivity contribution in [2.45, 2.75) is 38.1 Å². The Balaban J connectivity index is 1.46. The largest absolute Gasteiger partial charge is 0.457 e. The number of aliphatic hydroxyl groups excluding tert-OH is 1. The first-order valence-corrected chi connectivity index (χ1v) is 11.6. The van der Waals surface area contributed by atoms with E-state index >= 15 is 0 Å². The van der Waals surface area contributed by atoms with Gasteiger partial charge in [0, 0.05) is 23.9 Å². The second-order valence-corrected chi connectivity index (χ2v) is 9.00. The summed E-state index contributed by atoms with van der Waals surface area (Å²) in [6, 6.07) is 17.5. The molecular weight excluding hydrogens is 477 g/mol. The average Bonchev–Trinajstić information content (AvgIpc) is 3.38. The first-order chi connectivity index (χ1) is 17.7. The minimum Gasteiger partial charge on any atom is -0.457 e. The molecule has 0 saturated heterocycles. The van der Waals surface area contributed by atoms with Gasteiger partial charge in [-0.25, -0.2) is 14.4 Å². The van der Waals surface area contributed by atoms with Gasteiger partial charge in [0.1, 0.15) is 35.0 Å². The summed E-state index contributed by atoms with van der Waals surface area (Å²) >= 11 is 0.